The molecule has 0 aromatic heterocycles. The number of carbonyl (C=O) groups excluding carboxylic acids is 1. The standard InChI is InChI=1S/C19H27F17O8Si4/c1-45(2)41-46(3,4)43-48(7,44-47(5,6)42-45)10-8-9-38-11(37)12(20,15(24,25)26)39-19(35,36)14(23,17(30,31)32)40-18(33,34)13(21,22)16(27,28)29/h8-10H2,1-7H3. The molecule has 286 valence electrons. The second-order valence-electron chi connectivity index (χ2n) is 11.5. The van der Waals surface area contributed by atoms with E-state index in [1.165, 1.54) is 11.3 Å². The average Bonchev–Trinajstić information content (AvgIpc) is 2.75. The maximum Gasteiger partial charge on any atom is 0.462 e. The fourth-order valence-corrected chi connectivity index (χ4v) is 25.8. The molecule has 1 aliphatic heterocycles. The van der Waals surface area contributed by atoms with Gasteiger partial charge in [0, 0.05) is 0 Å². The molecule has 2 atom stereocenters. The first-order valence-corrected chi connectivity index (χ1v) is 23.7. The summed E-state index contributed by atoms with van der Waals surface area (Å²) < 4.78 is 258. The summed E-state index contributed by atoms with van der Waals surface area (Å²) >= 11 is 0. The SMILES string of the molecule is C[Si]1(C)O[Si](C)(C)O[Si](C)(CCCOC(=O)C(F)(OC(F)(F)C(F)(OC(F)(F)C(F)(F)C(F)(F)F)C(F)(F)F)C(F)(F)F)O[Si](C)(C)O1. The Balaban J connectivity index is 3.34. The van der Waals surface area contributed by atoms with E-state index in [2.05, 4.69) is 4.74 Å². The Morgan fingerprint density at radius 1 is 0.542 bits per heavy atom. The predicted molar refractivity (Wildman–Crippen MR) is 132 cm³/mol. The Kier molecular flexibility index (Phi) is 12.3. The lowest BCUT2D eigenvalue weighted by atomic mass is 10.2. The molecule has 0 spiro atoms. The van der Waals surface area contributed by atoms with Crippen molar-refractivity contribution in [3.63, 3.8) is 0 Å². The van der Waals surface area contributed by atoms with Crippen LogP contribution >= 0.6 is 0 Å². The van der Waals surface area contributed by atoms with Gasteiger partial charge in [-0.15, -0.1) is 0 Å². The summed E-state index contributed by atoms with van der Waals surface area (Å²) in [6.45, 7) is 9.60. The van der Waals surface area contributed by atoms with Crippen LogP contribution in [-0.2, 0) is 35.5 Å². The summed E-state index contributed by atoms with van der Waals surface area (Å²) in [4.78, 5) is 11.9. The van der Waals surface area contributed by atoms with E-state index in [9.17, 15) is 79.4 Å². The van der Waals surface area contributed by atoms with Crippen molar-refractivity contribution in [3.8, 4) is 0 Å². The van der Waals surface area contributed by atoms with Gasteiger partial charge in [-0.25, -0.2) is 4.79 Å². The zero-order valence-corrected chi connectivity index (χ0v) is 29.3. The van der Waals surface area contributed by atoms with E-state index in [1.807, 2.05) is 4.74 Å². The Morgan fingerprint density at radius 3 is 1.29 bits per heavy atom. The summed E-state index contributed by atoms with van der Waals surface area (Å²) in [7, 11) is -12.5. The van der Waals surface area contributed by atoms with Gasteiger partial charge in [0.05, 0.1) is 6.61 Å². The quantitative estimate of drug-likeness (QED) is 0.0898. The van der Waals surface area contributed by atoms with E-state index in [0.29, 0.717) is 0 Å². The van der Waals surface area contributed by atoms with E-state index in [-0.39, 0.29) is 6.04 Å². The normalized spacial score (nSPS) is 23.3. The predicted octanol–water partition coefficient (Wildman–Crippen LogP) is 8.05. The van der Waals surface area contributed by atoms with Crippen LogP contribution in [0, 0.1) is 0 Å². The molecule has 1 aliphatic rings. The highest BCUT2D eigenvalue weighted by atomic mass is 28.5. The van der Waals surface area contributed by atoms with Crippen LogP contribution in [0.4, 0.5) is 74.6 Å². The third-order valence-corrected chi connectivity index (χ3v) is 22.1. The first-order valence-electron chi connectivity index (χ1n) is 12.7. The topological polar surface area (TPSA) is 81.7 Å². The summed E-state index contributed by atoms with van der Waals surface area (Å²) in [5, 5.41) is 0. The number of ether oxygens (including phenoxy) is 3. The second-order valence-corrected chi connectivity index (χ2v) is 25.9. The Bertz CT molecular complexity index is 1140. The largest absolute Gasteiger partial charge is 0.462 e. The Morgan fingerprint density at radius 2 is 0.938 bits per heavy atom. The maximum atomic E-state index is 14.7. The van der Waals surface area contributed by atoms with Crippen LogP contribution in [0.25, 0.3) is 0 Å². The van der Waals surface area contributed by atoms with Gasteiger partial charge in [-0.3, -0.25) is 9.47 Å². The lowest BCUT2D eigenvalue weighted by molar-refractivity contribution is -0.548. The van der Waals surface area contributed by atoms with E-state index < -0.39 is 102 Å². The molecule has 1 heterocycles. The van der Waals surface area contributed by atoms with Crippen LogP contribution in [0.15, 0.2) is 0 Å². The van der Waals surface area contributed by atoms with Crippen molar-refractivity contribution in [1.82, 2.24) is 0 Å². The monoisotopic (exact) mass is 818 g/mol. The molecule has 29 heteroatoms. The summed E-state index contributed by atoms with van der Waals surface area (Å²) in [6.07, 6.45) is -39.5. The smallest absolute Gasteiger partial charge is 0.461 e. The van der Waals surface area contributed by atoms with Crippen LogP contribution < -0.4 is 0 Å². The zero-order valence-electron chi connectivity index (χ0n) is 25.3. The van der Waals surface area contributed by atoms with E-state index >= 15 is 0 Å². The summed E-state index contributed by atoms with van der Waals surface area (Å²) in [5.41, 5.74) is 0. The van der Waals surface area contributed by atoms with Gasteiger partial charge >= 0.3 is 88.6 Å². The summed E-state index contributed by atoms with van der Waals surface area (Å²) in [5.74, 6) is -26.6. The molecule has 2 unspecified atom stereocenters. The molecule has 48 heavy (non-hydrogen) atoms. The molecule has 1 rings (SSSR count). The molecule has 0 aliphatic carbocycles. The molecular weight excluding hydrogens is 792 g/mol. The highest BCUT2D eigenvalue weighted by Crippen LogP contribution is 2.56. The molecule has 0 aromatic rings. The van der Waals surface area contributed by atoms with Gasteiger partial charge in [0.25, 0.3) is 0 Å². The fraction of sp³-hybridized carbons (Fsp3) is 0.947. The third-order valence-electron chi connectivity index (χ3n) is 5.54. The van der Waals surface area contributed by atoms with Crippen molar-refractivity contribution in [3.05, 3.63) is 0 Å². The van der Waals surface area contributed by atoms with Gasteiger partial charge < -0.3 is 21.2 Å². The lowest BCUT2D eigenvalue weighted by Gasteiger charge is -2.47. The van der Waals surface area contributed by atoms with E-state index in [0.717, 1.165) is 0 Å². The third kappa shape index (κ3) is 9.82. The van der Waals surface area contributed by atoms with Gasteiger partial charge in [0.15, 0.2) is 0 Å². The fourth-order valence-electron chi connectivity index (χ4n) is 4.21. The van der Waals surface area contributed by atoms with Gasteiger partial charge in [-0.05, 0) is 58.3 Å². The molecule has 0 amide bonds. The van der Waals surface area contributed by atoms with Crippen LogP contribution in [0.3, 0.4) is 0 Å². The number of hydrogen-bond acceptors (Lipinski definition) is 8. The zero-order chi connectivity index (χ0) is 38.6. The van der Waals surface area contributed by atoms with Crippen molar-refractivity contribution >= 4 is 40.2 Å². The molecule has 0 bridgehead atoms. The molecule has 1 fully saturated rings. The van der Waals surface area contributed by atoms with E-state index in [4.69, 9.17) is 16.5 Å². The number of alkyl halides is 17. The molecule has 1 saturated heterocycles. The van der Waals surface area contributed by atoms with Crippen molar-refractivity contribution in [2.75, 3.05) is 6.61 Å². The van der Waals surface area contributed by atoms with Crippen molar-refractivity contribution in [2.45, 2.75) is 107 Å². The maximum absolute atomic E-state index is 14.7. The molecule has 8 nitrogen and oxygen atoms in total. The Labute approximate surface area is 264 Å². The van der Waals surface area contributed by atoms with Gasteiger partial charge in [-0.1, -0.05) is 0 Å². The molecule has 0 saturated carbocycles. The molecule has 0 aromatic carbocycles. The van der Waals surface area contributed by atoms with Crippen LogP contribution in [0.2, 0.25) is 51.9 Å². The van der Waals surface area contributed by atoms with E-state index in [1.54, 1.807) is 39.3 Å². The number of halogens is 17. The van der Waals surface area contributed by atoms with Crippen molar-refractivity contribution in [2.24, 2.45) is 0 Å². The minimum Gasteiger partial charge on any atom is -0.461 e. The van der Waals surface area contributed by atoms with Crippen molar-refractivity contribution in [1.29, 1.82) is 0 Å². The van der Waals surface area contributed by atoms with Gasteiger partial charge in [0.1, 0.15) is 0 Å². The van der Waals surface area contributed by atoms with Gasteiger partial charge in [0.2, 0.25) is 0 Å². The molecular formula is C19H27F17O8Si4. The molecule has 0 N–H and O–H groups in total. The minimum atomic E-state index is -8.11. The molecule has 0 radical (unpaired) electrons. The highest BCUT2D eigenvalue weighted by molar-refractivity contribution is 6.93. The number of rotatable bonds is 11. The average molecular weight is 819 g/mol. The first kappa shape index (κ1) is 44.9. The van der Waals surface area contributed by atoms with Crippen molar-refractivity contribution < 1.29 is 110 Å². The van der Waals surface area contributed by atoms with Crippen LogP contribution in [0.5, 0.6) is 0 Å². The highest BCUT2D eigenvalue weighted by Gasteiger charge is 2.85. The van der Waals surface area contributed by atoms with Crippen LogP contribution in [-0.4, -0.2) is 95.2 Å². The number of hydrogen-bond donors (Lipinski definition) is 0. The lowest BCUT2D eigenvalue weighted by Crippen LogP contribution is -2.68. The second kappa shape index (κ2) is 13.1. The number of esters is 1. The van der Waals surface area contributed by atoms with Gasteiger partial charge in [-0.2, -0.15) is 74.6 Å². The minimum absolute atomic E-state index is 0.345. The first-order chi connectivity index (χ1) is 20.6. The number of carbonyl (C=O) groups is 1. The summed E-state index contributed by atoms with van der Waals surface area (Å²) in [6, 6.07) is -0.345. The Hall–Kier alpha value is -1.09. The van der Waals surface area contributed by atoms with Crippen LogP contribution in [0.1, 0.15) is 6.42 Å².